The Bertz CT molecular complexity index is 669. The maximum atomic E-state index is 12.0. The number of carbonyl (C=O) groups is 1. The van der Waals surface area contributed by atoms with Gasteiger partial charge in [-0.1, -0.05) is 42.5 Å². The lowest BCUT2D eigenvalue weighted by molar-refractivity contribution is -0.121. The van der Waals surface area contributed by atoms with Crippen molar-refractivity contribution in [2.45, 2.75) is 32.8 Å². The number of benzene rings is 2. The molecule has 128 valence electrons. The molecule has 0 aliphatic carbocycles. The Morgan fingerprint density at radius 3 is 2.62 bits per heavy atom. The van der Waals surface area contributed by atoms with Crippen LogP contribution in [0.4, 0.5) is 0 Å². The van der Waals surface area contributed by atoms with Gasteiger partial charge in [-0.25, -0.2) is 0 Å². The van der Waals surface area contributed by atoms with Crippen LogP contribution in [0.25, 0.3) is 0 Å². The van der Waals surface area contributed by atoms with Gasteiger partial charge >= 0.3 is 0 Å². The molecule has 1 unspecified atom stereocenters. The van der Waals surface area contributed by atoms with Gasteiger partial charge in [0.1, 0.15) is 5.75 Å². The topological polar surface area (TPSA) is 58.6 Å². The van der Waals surface area contributed by atoms with Crippen molar-refractivity contribution in [1.29, 1.82) is 0 Å². The van der Waals surface area contributed by atoms with Gasteiger partial charge < -0.3 is 15.2 Å². The van der Waals surface area contributed by atoms with Gasteiger partial charge in [0.15, 0.2) is 0 Å². The molecule has 0 heterocycles. The van der Waals surface area contributed by atoms with Crippen LogP contribution >= 0.6 is 0 Å². The monoisotopic (exact) mass is 327 g/mol. The second kappa shape index (κ2) is 9.08. The van der Waals surface area contributed by atoms with Gasteiger partial charge in [-0.15, -0.1) is 0 Å². The molecule has 2 aromatic rings. The number of rotatable bonds is 8. The predicted octanol–water partition coefficient (Wildman–Crippen LogP) is 3.18. The Morgan fingerprint density at radius 1 is 1.17 bits per heavy atom. The van der Waals surface area contributed by atoms with E-state index in [0.29, 0.717) is 19.4 Å². The molecule has 0 saturated heterocycles. The Hall–Kier alpha value is -2.33. The van der Waals surface area contributed by atoms with E-state index in [1.807, 2.05) is 62.4 Å². The van der Waals surface area contributed by atoms with E-state index in [9.17, 15) is 9.90 Å². The van der Waals surface area contributed by atoms with E-state index in [1.165, 1.54) is 0 Å². The highest BCUT2D eigenvalue weighted by Gasteiger charge is 2.12. The molecule has 0 aliphatic heterocycles. The minimum Gasteiger partial charge on any atom is -0.494 e. The van der Waals surface area contributed by atoms with E-state index in [-0.39, 0.29) is 12.5 Å². The molecule has 0 spiro atoms. The third kappa shape index (κ3) is 5.10. The van der Waals surface area contributed by atoms with Crippen molar-refractivity contribution in [2.75, 3.05) is 13.2 Å². The predicted molar refractivity (Wildman–Crippen MR) is 95.1 cm³/mol. The zero-order valence-electron chi connectivity index (χ0n) is 14.3. The molecule has 1 amide bonds. The quantitative estimate of drug-likeness (QED) is 0.783. The summed E-state index contributed by atoms with van der Waals surface area (Å²) < 4.78 is 5.57. The number of ether oxygens (including phenoxy) is 1. The molecule has 1 atom stereocenters. The summed E-state index contributed by atoms with van der Waals surface area (Å²) in [5.41, 5.74) is 2.89. The molecule has 0 fully saturated rings. The molecule has 2 rings (SSSR count). The maximum Gasteiger partial charge on any atom is 0.220 e. The Morgan fingerprint density at radius 2 is 1.88 bits per heavy atom. The Labute approximate surface area is 143 Å². The number of aliphatic hydroxyl groups is 1. The molecule has 0 aliphatic rings. The fourth-order valence-corrected chi connectivity index (χ4v) is 2.62. The fraction of sp³-hybridized carbons (Fsp3) is 0.350. The van der Waals surface area contributed by atoms with Gasteiger partial charge in [0.2, 0.25) is 5.91 Å². The number of amides is 1. The summed E-state index contributed by atoms with van der Waals surface area (Å²) in [6.07, 6.45) is 0.290. The lowest BCUT2D eigenvalue weighted by atomic mass is 10.0. The number of hydrogen-bond acceptors (Lipinski definition) is 3. The van der Waals surface area contributed by atoms with Crippen molar-refractivity contribution < 1.29 is 14.6 Å². The molecule has 2 aromatic carbocycles. The van der Waals surface area contributed by atoms with Gasteiger partial charge in [0.05, 0.1) is 12.7 Å². The second-order valence-corrected chi connectivity index (χ2v) is 5.72. The minimum atomic E-state index is -0.689. The van der Waals surface area contributed by atoms with E-state index in [1.54, 1.807) is 0 Å². The van der Waals surface area contributed by atoms with Crippen LogP contribution in [0.15, 0.2) is 48.5 Å². The molecule has 24 heavy (non-hydrogen) atoms. The van der Waals surface area contributed by atoms with Crippen LogP contribution in [0, 0.1) is 6.92 Å². The number of nitrogens with one attached hydrogen (secondary N) is 1. The van der Waals surface area contributed by atoms with Crippen molar-refractivity contribution in [3.05, 3.63) is 65.2 Å². The number of para-hydroxylation sites is 1. The Kier molecular flexibility index (Phi) is 6.82. The summed E-state index contributed by atoms with van der Waals surface area (Å²) in [6.45, 7) is 4.71. The van der Waals surface area contributed by atoms with Crippen molar-refractivity contribution in [3.8, 4) is 5.75 Å². The Balaban J connectivity index is 1.83. The fourth-order valence-electron chi connectivity index (χ4n) is 2.62. The van der Waals surface area contributed by atoms with Gasteiger partial charge in [0, 0.05) is 13.0 Å². The highest BCUT2D eigenvalue weighted by atomic mass is 16.5. The first kappa shape index (κ1) is 18.0. The highest BCUT2D eigenvalue weighted by molar-refractivity contribution is 5.76. The second-order valence-electron chi connectivity index (χ2n) is 5.72. The van der Waals surface area contributed by atoms with Gasteiger partial charge in [0.25, 0.3) is 0 Å². The first-order chi connectivity index (χ1) is 11.6. The number of hydrogen-bond donors (Lipinski definition) is 2. The number of aryl methyl sites for hydroxylation is 2. The molecular formula is C20H25NO3. The van der Waals surface area contributed by atoms with Gasteiger partial charge in [-0.3, -0.25) is 4.79 Å². The summed E-state index contributed by atoms with van der Waals surface area (Å²) >= 11 is 0. The minimum absolute atomic E-state index is 0.0751. The van der Waals surface area contributed by atoms with E-state index < -0.39 is 6.10 Å². The van der Waals surface area contributed by atoms with E-state index >= 15 is 0 Å². The van der Waals surface area contributed by atoms with Crippen LogP contribution in [0.1, 0.15) is 36.1 Å². The third-order valence-corrected chi connectivity index (χ3v) is 3.93. The average molecular weight is 327 g/mol. The third-order valence-electron chi connectivity index (χ3n) is 3.93. The number of aliphatic hydroxyl groups excluding tert-OH is 1. The van der Waals surface area contributed by atoms with Crippen LogP contribution in [0.5, 0.6) is 5.75 Å². The van der Waals surface area contributed by atoms with Gasteiger partial charge in [-0.05, 0) is 43.0 Å². The van der Waals surface area contributed by atoms with Crippen molar-refractivity contribution >= 4 is 5.91 Å². The molecule has 0 aromatic heterocycles. The largest absolute Gasteiger partial charge is 0.494 e. The van der Waals surface area contributed by atoms with Crippen LogP contribution < -0.4 is 10.1 Å². The van der Waals surface area contributed by atoms with E-state index in [2.05, 4.69) is 5.32 Å². The molecule has 4 nitrogen and oxygen atoms in total. The first-order valence-corrected chi connectivity index (χ1v) is 8.32. The van der Waals surface area contributed by atoms with Crippen molar-refractivity contribution in [1.82, 2.24) is 5.32 Å². The van der Waals surface area contributed by atoms with Gasteiger partial charge in [-0.2, -0.15) is 0 Å². The van der Waals surface area contributed by atoms with Crippen LogP contribution in [0.3, 0.4) is 0 Å². The molecule has 0 bridgehead atoms. The zero-order chi connectivity index (χ0) is 17.4. The van der Waals surface area contributed by atoms with E-state index in [4.69, 9.17) is 4.74 Å². The molecular weight excluding hydrogens is 302 g/mol. The number of carbonyl (C=O) groups excluding carboxylic acids is 1. The standard InChI is InChI=1S/C20H25NO3/c1-3-24-19-11-7-5-9-16(19)12-13-20(23)21-14-18(22)17-10-6-4-8-15(17)2/h4-11,18,22H,3,12-14H2,1-2H3,(H,21,23). The molecule has 2 N–H and O–H groups in total. The van der Waals surface area contributed by atoms with E-state index in [0.717, 1.165) is 22.4 Å². The summed E-state index contributed by atoms with van der Waals surface area (Å²) in [5, 5.41) is 13.0. The van der Waals surface area contributed by atoms with Crippen molar-refractivity contribution in [2.24, 2.45) is 0 Å². The normalized spacial score (nSPS) is 11.8. The lowest BCUT2D eigenvalue weighted by Gasteiger charge is -2.15. The van der Waals surface area contributed by atoms with Crippen LogP contribution in [-0.2, 0) is 11.2 Å². The molecule has 0 radical (unpaired) electrons. The van der Waals surface area contributed by atoms with Crippen LogP contribution in [0.2, 0.25) is 0 Å². The molecule has 4 heteroatoms. The average Bonchev–Trinajstić information content (AvgIpc) is 2.59. The summed E-state index contributed by atoms with van der Waals surface area (Å²) in [5.74, 6) is 0.752. The SMILES string of the molecule is CCOc1ccccc1CCC(=O)NCC(O)c1ccccc1C. The summed E-state index contributed by atoms with van der Waals surface area (Å²) in [4.78, 5) is 12.0. The van der Waals surface area contributed by atoms with Crippen molar-refractivity contribution in [3.63, 3.8) is 0 Å². The zero-order valence-corrected chi connectivity index (χ0v) is 14.3. The molecule has 0 saturated carbocycles. The van der Waals surface area contributed by atoms with Crippen LogP contribution in [-0.4, -0.2) is 24.2 Å². The summed E-state index contributed by atoms with van der Waals surface area (Å²) in [7, 11) is 0. The first-order valence-electron chi connectivity index (χ1n) is 8.32. The highest BCUT2D eigenvalue weighted by Crippen LogP contribution is 2.20. The maximum absolute atomic E-state index is 12.0. The smallest absolute Gasteiger partial charge is 0.220 e. The lowest BCUT2D eigenvalue weighted by Crippen LogP contribution is -2.28. The summed E-state index contributed by atoms with van der Waals surface area (Å²) in [6, 6.07) is 15.4.